The first-order valence-electron chi connectivity index (χ1n) is 12.1. The summed E-state index contributed by atoms with van der Waals surface area (Å²) in [6.07, 6.45) is 8.42. The molecule has 0 spiro atoms. The van der Waals surface area contributed by atoms with Crippen molar-refractivity contribution in [3.8, 4) is 22.4 Å². The maximum Gasteiger partial charge on any atom is 0.336 e. The van der Waals surface area contributed by atoms with Crippen LogP contribution in [0.3, 0.4) is 0 Å². The molecule has 1 atom stereocenters. The van der Waals surface area contributed by atoms with Crippen LogP contribution >= 0.6 is 0 Å². The summed E-state index contributed by atoms with van der Waals surface area (Å²) in [4.78, 5) is 20.4. The Kier molecular flexibility index (Phi) is 7.12. The highest BCUT2D eigenvalue weighted by molar-refractivity contribution is 6.03. The van der Waals surface area contributed by atoms with Crippen LogP contribution < -0.4 is 0 Å². The first-order valence-corrected chi connectivity index (χ1v) is 12.1. The van der Waals surface area contributed by atoms with Gasteiger partial charge in [0.05, 0.1) is 23.4 Å². The predicted octanol–water partition coefficient (Wildman–Crippen LogP) is 6.14. The van der Waals surface area contributed by atoms with Gasteiger partial charge >= 0.3 is 5.97 Å². The second-order valence-corrected chi connectivity index (χ2v) is 8.80. The molecule has 6 nitrogen and oxygen atoms in total. The number of ether oxygens (including phenoxy) is 2. The highest BCUT2D eigenvalue weighted by Gasteiger charge is 2.14. The van der Waals surface area contributed by atoms with Gasteiger partial charge in [-0.3, -0.25) is 4.98 Å². The molecule has 0 saturated carbocycles. The summed E-state index contributed by atoms with van der Waals surface area (Å²) in [6, 6.07) is 20.0. The van der Waals surface area contributed by atoms with E-state index in [0.717, 1.165) is 55.6 Å². The lowest BCUT2D eigenvalue weighted by Gasteiger charge is -2.22. The zero-order valence-electron chi connectivity index (χ0n) is 19.5. The van der Waals surface area contributed by atoms with Crippen molar-refractivity contribution >= 4 is 16.9 Å². The second-order valence-electron chi connectivity index (χ2n) is 8.80. The zero-order chi connectivity index (χ0) is 24.0. The number of benzene rings is 2. The van der Waals surface area contributed by atoms with Crippen molar-refractivity contribution in [1.82, 2.24) is 9.97 Å². The van der Waals surface area contributed by atoms with Gasteiger partial charge in [0.1, 0.15) is 0 Å². The molecule has 2 aromatic heterocycles. The van der Waals surface area contributed by atoms with E-state index in [4.69, 9.17) is 9.47 Å². The highest BCUT2D eigenvalue weighted by Crippen LogP contribution is 2.27. The van der Waals surface area contributed by atoms with Crippen LogP contribution in [0.5, 0.6) is 0 Å². The van der Waals surface area contributed by atoms with Crippen LogP contribution in [0.15, 0.2) is 73.1 Å². The smallest absolute Gasteiger partial charge is 0.336 e. The number of carboxylic acids is 1. The number of nitrogens with zero attached hydrogens (tertiary/aromatic N) is 2. The van der Waals surface area contributed by atoms with E-state index in [-0.39, 0.29) is 11.9 Å². The standard InChI is InChI=1S/C29H28N2O4/c32-29(33)24-18-27(31-26-14-15-30-19-25(24)26)23-12-10-22(11-13-23)21-8-6-20(7-9-21)4-3-17-35-28-5-1-2-16-34-28/h6-15,18-19,28H,1-5,16-17H2,(H,32,33). The number of aromatic carboxylic acids is 1. The van der Waals surface area contributed by atoms with E-state index in [9.17, 15) is 9.90 Å². The Labute approximate surface area is 204 Å². The number of aryl methyl sites for hydroxylation is 1. The zero-order valence-corrected chi connectivity index (χ0v) is 19.5. The van der Waals surface area contributed by atoms with Crippen molar-refractivity contribution in [3.05, 3.63) is 84.2 Å². The average Bonchev–Trinajstić information content (AvgIpc) is 2.91. The molecular weight excluding hydrogens is 440 g/mol. The van der Waals surface area contributed by atoms with Crippen molar-refractivity contribution in [2.24, 2.45) is 0 Å². The number of hydrogen-bond acceptors (Lipinski definition) is 5. The molecule has 4 aromatic rings. The van der Waals surface area contributed by atoms with Gasteiger partial charge in [-0.1, -0.05) is 48.5 Å². The Morgan fingerprint density at radius 1 is 1.00 bits per heavy atom. The van der Waals surface area contributed by atoms with Crippen molar-refractivity contribution in [2.45, 2.75) is 38.4 Å². The van der Waals surface area contributed by atoms with E-state index in [1.165, 1.54) is 12.0 Å². The number of aromatic nitrogens is 2. The molecule has 3 heterocycles. The van der Waals surface area contributed by atoms with Crippen molar-refractivity contribution < 1.29 is 19.4 Å². The molecular formula is C29H28N2O4. The lowest BCUT2D eigenvalue weighted by Crippen LogP contribution is -2.22. The summed E-state index contributed by atoms with van der Waals surface area (Å²) < 4.78 is 11.4. The van der Waals surface area contributed by atoms with Gasteiger partial charge in [-0.15, -0.1) is 0 Å². The molecule has 2 aromatic carbocycles. The minimum atomic E-state index is -0.989. The van der Waals surface area contributed by atoms with Gasteiger partial charge in [-0.2, -0.15) is 0 Å². The number of fused-ring (bicyclic) bond motifs is 1. The topological polar surface area (TPSA) is 81.5 Å². The third kappa shape index (κ3) is 5.56. The fourth-order valence-corrected chi connectivity index (χ4v) is 4.42. The minimum Gasteiger partial charge on any atom is -0.478 e. The Morgan fingerprint density at radius 2 is 1.74 bits per heavy atom. The summed E-state index contributed by atoms with van der Waals surface area (Å²) in [5.41, 5.74) is 5.84. The molecule has 5 rings (SSSR count). The maximum atomic E-state index is 11.8. The largest absolute Gasteiger partial charge is 0.478 e. The summed E-state index contributed by atoms with van der Waals surface area (Å²) in [5, 5.41) is 10.2. The molecule has 6 heteroatoms. The van der Waals surface area contributed by atoms with Crippen molar-refractivity contribution in [3.63, 3.8) is 0 Å². The Balaban J connectivity index is 1.24. The molecule has 0 aliphatic carbocycles. The molecule has 1 N–H and O–H groups in total. The summed E-state index contributed by atoms with van der Waals surface area (Å²) in [5.74, 6) is -0.989. The number of carboxylic acid groups (broad SMARTS) is 1. The normalized spacial score (nSPS) is 15.8. The molecule has 178 valence electrons. The van der Waals surface area contributed by atoms with E-state index < -0.39 is 5.97 Å². The molecule has 1 saturated heterocycles. The Bertz CT molecular complexity index is 1300. The van der Waals surface area contributed by atoms with Crippen LogP contribution in [0.2, 0.25) is 0 Å². The lowest BCUT2D eigenvalue weighted by molar-refractivity contribution is -0.162. The monoisotopic (exact) mass is 468 g/mol. The fraction of sp³-hybridized carbons (Fsp3) is 0.276. The number of rotatable bonds is 8. The molecule has 0 amide bonds. The average molecular weight is 469 g/mol. The first kappa shape index (κ1) is 23.1. The van der Waals surface area contributed by atoms with E-state index in [1.807, 2.05) is 24.3 Å². The molecule has 0 bridgehead atoms. The van der Waals surface area contributed by atoms with Crippen LogP contribution in [0.4, 0.5) is 0 Å². The van der Waals surface area contributed by atoms with Gasteiger partial charge in [-0.25, -0.2) is 9.78 Å². The summed E-state index contributed by atoms with van der Waals surface area (Å²) >= 11 is 0. The summed E-state index contributed by atoms with van der Waals surface area (Å²) in [6.45, 7) is 1.53. The van der Waals surface area contributed by atoms with E-state index in [2.05, 4.69) is 34.2 Å². The van der Waals surface area contributed by atoms with Gasteiger partial charge in [0.25, 0.3) is 0 Å². The third-order valence-electron chi connectivity index (χ3n) is 6.36. The van der Waals surface area contributed by atoms with Crippen LogP contribution in [0.25, 0.3) is 33.3 Å². The van der Waals surface area contributed by atoms with Crippen LogP contribution in [0.1, 0.15) is 41.6 Å². The van der Waals surface area contributed by atoms with E-state index in [1.54, 1.807) is 24.5 Å². The van der Waals surface area contributed by atoms with Crippen LogP contribution in [-0.2, 0) is 15.9 Å². The number of pyridine rings is 2. The van der Waals surface area contributed by atoms with E-state index in [0.29, 0.717) is 16.6 Å². The molecule has 1 fully saturated rings. The maximum absolute atomic E-state index is 11.8. The SMILES string of the molecule is O=C(O)c1cc(-c2ccc(-c3ccc(CCCOC4CCCCO4)cc3)cc2)nc2ccncc12. The number of hydrogen-bond donors (Lipinski definition) is 1. The predicted molar refractivity (Wildman–Crippen MR) is 135 cm³/mol. The Hall–Kier alpha value is -3.61. The first-order chi connectivity index (χ1) is 17.2. The van der Waals surface area contributed by atoms with E-state index >= 15 is 0 Å². The third-order valence-corrected chi connectivity index (χ3v) is 6.36. The molecule has 1 unspecified atom stereocenters. The van der Waals surface area contributed by atoms with Crippen LogP contribution in [-0.4, -0.2) is 40.5 Å². The quantitative estimate of drug-likeness (QED) is 0.313. The molecule has 0 radical (unpaired) electrons. The van der Waals surface area contributed by atoms with Crippen molar-refractivity contribution in [1.29, 1.82) is 0 Å². The van der Waals surface area contributed by atoms with Gasteiger partial charge in [0, 0.05) is 30.0 Å². The molecule has 35 heavy (non-hydrogen) atoms. The van der Waals surface area contributed by atoms with Gasteiger partial charge in [0.15, 0.2) is 6.29 Å². The van der Waals surface area contributed by atoms with Gasteiger partial charge < -0.3 is 14.6 Å². The minimum absolute atomic E-state index is 0.0216. The number of carbonyl (C=O) groups is 1. The highest BCUT2D eigenvalue weighted by atomic mass is 16.7. The summed E-state index contributed by atoms with van der Waals surface area (Å²) in [7, 11) is 0. The van der Waals surface area contributed by atoms with Crippen molar-refractivity contribution in [2.75, 3.05) is 13.2 Å². The Morgan fingerprint density at radius 3 is 2.46 bits per heavy atom. The van der Waals surface area contributed by atoms with Gasteiger partial charge in [0.2, 0.25) is 0 Å². The second kappa shape index (κ2) is 10.8. The van der Waals surface area contributed by atoms with Crippen LogP contribution in [0, 0.1) is 0 Å². The molecule has 1 aliphatic rings. The fourth-order valence-electron chi connectivity index (χ4n) is 4.42. The molecule has 1 aliphatic heterocycles. The van der Waals surface area contributed by atoms with Gasteiger partial charge in [-0.05, 0) is 60.9 Å². The lowest BCUT2D eigenvalue weighted by atomic mass is 9.99.